The van der Waals surface area contributed by atoms with Crippen molar-refractivity contribution in [3.63, 3.8) is 0 Å². The molecule has 1 N–H and O–H groups in total. The summed E-state index contributed by atoms with van der Waals surface area (Å²) in [5, 5.41) is 9.45. The quantitative estimate of drug-likeness (QED) is 0.894. The summed E-state index contributed by atoms with van der Waals surface area (Å²) < 4.78 is 19.9. The topological polar surface area (TPSA) is 29.5 Å². The SMILES string of the molecule is OCc1ccc(OCc2ccc(Br)cc2Cl)c(F)c1. The molecule has 2 aromatic carbocycles. The maximum Gasteiger partial charge on any atom is 0.165 e. The van der Waals surface area contributed by atoms with Crippen molar-refractivity contribution in [2.75, 3.05) is 0 Å². The molecule has 0 amide bonds. The van der Waals surface area contributed by atoms with E-state index in [9.17, 15) is 4.39 Å². The third-order valence-electron chi connectivity index (χ3n) is 2.58. The highest BCUT2D eigenvalue weighted by Gasteiger charge is 2.07. The zero-order valence-corrected chi connectivity index (χ0v) is 12.2. The minimum Gasteiger partial charge on any atom is -0.486 e. The van der Waals surface area contributed by atoms with Gasteiger partial charge in [0, 0.05) is 15.1 Å². The summed E-state index contributed by atoms with van der Waals surface area (Å²) in [4.78, 5) is 0. The third-order valence-corrected chi connectivity index (χ3v) is 3.42. The molecule has 0 heterocycles. The number of halogens is 3. The highest BCUT2D eigenvalue weighted by Crippen LogP contribution is 2.24. The molecule has 0 saturated heterocycles. The number of benzene rings is 2. The molecule has 0 bridgehead atoms. The average molecular weight is 346 g/mol. The van der Waals surface area contributed by atoms with E-state index in [0.717, 1.165) is 10.0 Å². The van der Waals surface area contributed by atoms with Crippen LogP contribution in [0.4, 0.5) is 4.39 Å². The van der Waals surface area contributed by atoms with Crippen molar-refractivity contribution in [3.05, 3.63) is 62.8 Å². The lowest BCUT2D eigenvalue weighted by molar-refractivity contribution is 0.276. The molecular formula is C14H11BrClFO2. The van der Waals surface area contributed by atoms with Gasteiger partial charge in [-0.25, -0.2) is 4.39 Å². The van der Waals surface area contributed by atoms with Crippen LogP contribution >= 0.6 is 27.5 Å². The molecule has 0 unspecified atom stereocenters. The van der Waals surface area contributed by atoms with Crippen LogP contribution in [0.25, 0.3) is 0 Å². The molecule has 2 rings (SSSR count). The maximum absolute atomic E-state index is 13.6. The van der Waals surface area contributed by atoms with Crippen molar-refractivity contribution in [1.29, 1.82) is 0 Å². The van der Waals surface area contributed by atoms with Gasteiger partial charge < -0.3 is 9.84 Å². The van der Waals surface area contributed by atoms with Gasteiger partial charge in [0.25, 0.3) is 0 Å². The Kier molecular flexibility index (Phi) is 4.80. The highest BCUT2D eigenvalue weighted by atomic mass is 79.9. The maximum atomic E-state index is 13.6. The van der Waals surface area contributed by atoms with E-state index < -0.39 is 5.82 Å². The number of hydrogen-bond acceptors (Lipinski definition) is 2. The van der Waals surface area contributed by atoms with E-state index in [1.54, 1.807) is 12.1 Å². The first kappa shape index (κ1) is 14.3. The monoisotopic (exact) mass is 344 g/mol. The largest absolute Gasteiger partial charge is 0.486 e. The third kappa shape index (κ3) is 3.69. The molecule has 0 radical (unpaired) electrons. The summed E-state index contributed by atoms with van der Waals surface area (Å²) in [6, 6.07) is 9.77. The summed E-state index contributed by atoms with van der Waals surface area (Å²) in [5.41, 5.74) is 1.28. The molecule has 5 heteroatoms. The first-order valence-electron chi connectivity index (χ1n) is 5.56. The van der Waals surface area contributed by atoms with Crippen molar-refractivity contribution < 1.29 is 14.2 Å². The van der Waals surface area contributed by atoms with E-state index in [-0.39, 0.29) is 19.0 Å². The lowest BCUT2D eigenvalue weighted by atomic mass is 10.2. The molecule has 0 spiro atoms. The van der Waals surface area contributed by atoms with Gasteiger partial charge in [-0.15, -0.1) is 0 Å². The number of ether oxygens (including phenoxy) is 1. The van der Waals surface area contributed by atoms with Crippen LogP contribution in [0, 0.1) is 5.82 Å². The zero-order chi connectivity index (χ0) is 13.8. The molecule has 0 fully saturated rings. The van der Waals surface area contributed by atoms with Crippen LogP contribution in [-0.4, -0.2) is 5.11 Å². The van der Waals surface area contributed by atoms with Gasteiger partial charge in [-0.1, -0.05) is 39.7 Å². The molecule has 0 aliphatic rings. The molecule has 0 aliphatic carbocycles. The second-order valence-electron chi connectivity index (χ2n) is 3.95. The Bertz CT molecular complexity index is 590. The Morgan fingerprint density at radius 2 is 2.00 bits per heavy atom. The molecule has 100 valence electrons. The fourth-order valence-electron chi connectivity index (χ4n) is 1.55. The lowest BCUT2D eigenvalue weighted by Crippen LogP contribution is -1.99. The van der Waals surface area contributed by atoms with Crippen molar-refractivity contribution in [1.82, 2.24) is 0 Å². The normalized spacial score (nSPS) is 10.5. The second kappa shape index (κ2) is 6.37. The van der Waals surface area contributed by atoms with Crippen LogP contribution in [0.1, 0.15) is 11.1 Å². The van der Waals surface area contributed by atoms with E-state index >= 15 is 0 Å². The van der Waals surface area contributed by atoms with E-state index in [4.69, 9.17) is 21.4 Å². The van der Waals surface area contributed by atoms with E-state index in [0.29, 0.717) is 10.6 Å². The molecule has 0 aromatic heterocycles. The average Bonchev–Trinajstić information content (AvgIpc) is 2.39. The zero-order valence-electron chi connectivity index (χ0n) is 9.87. The predicted octanol–water partition coefficient (Wildman–Crippen LogP) is 4.31. The van der Waals surface area contributed by atoms with Crippen molar-refractivity contribution in [2.45, 2.75) is 13.2 Å². The van der Waals surface area contributed by atoms with Gasteiger partial charge in [-0.3, -0.25) is 0 Å². The predicted molar refractivity (Wildman–Crippen MR) is 75.8 cm³/mol. The van der Waals surface area contributed by atoms with Crippen molar-refractivity contribution >= 4 is 27.5 Å². The minimum absolute atomic E-state index is 0.135. The van der Waals surface area contributed by atoms with Gasteiger partial charge in [0.15, 0.2) is 11.6 Å². The number of aliphatic hydroxyl groups excluding tert-OH is 1. The minimum atomic E-state index is -0.500. The fourth-order valence-corrected chi connectivity index (χ4v) is 2.28. The van der Waals surface area contributed by atoms with Gasteiger partial charge in [0.1, 0.15) is 6.61 Å². The Morgan fingerprint density at radius 3 is 2.63 bits per heavy atom. The second-order valence-corrected chi connectivity index (χ2v) is 5.27. The van der Waals surface area contributed by atoms with Crippen molar-refractivity contribution in [3.8, 4) is 5.75 Å². The summed E-state index contributed by atoms with van der Waals surface area (Å²) in [7, 11) is 0. The van der Waals surface area contributed by atoms with Crippen LogP contribution in [0.15, 0.2) is 40.9 Å². The molecule has 0 atom stereocenters. The summed E-state index contributed by atoms with van der Waals surface area (Å²) in [6.45, 7) is -0.0166. The Balaban J connectivity index is 2.10. The smallest absolute Gasteiger partial charge is 0.165 e. The van der Waals surface area contributed by atoms with Crippen LogP contribution in [0.2, 0.25) is 5.02 Å². The van der Waals surface area contributed by atoms with Crippen LogP contribution in [0.3, 0.4) is 0 Å². The number of aliphatic hydroxyl groups is 1. The number of rotatable bonds is 4. The highest BCUT2D eigenvalue weighted by molar-refractivity contribution is 9.10. The van der Waals surface area contributed by atoms with E-state index in [1.165, 1.54) is 12.1 Å². The van der Waals surface area contributed by atoms with Gasteiger partial charge in [0.2, 0.25) is 0 Å². The fraction of sp³-hybridized carbons (Fsp3) is 0.143. The van der Waals surface area contributed by atoms with Crippen LogP contribution < -0.4 is 4.74 Å². The van der Waals surface area contributed by atoms with Crippen molar-refractivity contribution in [2.24, 2.45) is 0 Å². The van der Waals surface area contributed by atoms with E-state index in [1.807, 2.05) is 12.1 Å². The molecule has 2 nitrogen and oxygen atoms in total. The molecule has 0 aliphatic heterocycles. The van der Waals surface area contributed by atoms with Gasteiger partial charge in [-0.2, -0.15) is 0 Å². The first-order valence-corrected chi connectivity index (χ1v) is 6.73. The molecule has 0 saturated carbocycles. The Hall–Kier alpha value is -1.10. The molecule has 2 aromatic rings. The molecule has 19 heavy (non-hydrogen) atoms. The van der Waals surface area contributed by atoms with Gasteiger partial charge in [-0.05, 0) is 29.8 Å². The van der Waals surface area contributed by atoms with Crippen LogP contribution in [0.5, 0.6) is 5.75 Å². The Labute approximate surface area is 123 Å². The summed E-state index contributed by atoms with van der Waals surface area (Å²) >= 11 is 9.36. The van der Waals surface area contributed by atoms with Crippen LogP contribution in [-0.2, 0) is 13.2 Å². The summed E-state index contributed by atoms with van der Waals surface area (Å²) in [6.07, 6.45) is 0. The van der Waals surface area contributed by atoms with Gasteiger partial charge >= 0.3 is 0 Å². The van der Waals surface area contributed by atoms with E-state index in [2.05, 4.69) is 15.9 Å². The number of hydrogen-bond donors (Lipinski definition) is 1. The lowest BCUT2D eigenvalue weighted by Gasteiger charge is -2.09. The van der Waals surface area contributed by atoms with Gasteiger partial charge in [0.05, 0.1) is 6.61 Å². The molecular weight excluding hydrogens is 335 g/mol. The Morgan fingerprint density at radius 1 is 1.21 bits per heavy atom. The summed E-state index contributed by atoms with van der Waals surface area (Å²) in [5.74, 6) is -0.365. The standard InChI is InChI=1S/C14H11BrClFO2/c15-11-3-2-10(12(16)6-11)8-19-14-4-1-9(7-18)5-13(14)17/h1-6,18H,7-8H2. The first-order chi connectivity index (χ1) is 9.10.